The standard InChI is InChI=1S/C31H41F2N3O12S/c1-4-47-31(41)20(2)17-21-18-24(32)28(25(33)19-21)48-22-5-7-23(8-6-22)49(42,43)36-10-12-45-14-16-46-15-13-44-11-9-35-30(40)27(38)26(37)29(39)34-3/h5-8,17-19,26-27,36-38H,4,9-16H2,1-3H3,(H,34,39)(H,35,40)/b20-17+/t26-,27-/m1/s1. The summed E-state index contributed by atoms with van der Waals surface area (Å²) in [4.78, 5) is 34.6. The number of nitrogens with one attached hydrogen (secondary N) is 3. The first-order valence-corrected chi connectivity index (χ1v) is 16.5. The zero-order valence-corrected chi connectivity index (χ0v) is 28.0. The summed E-state index contributed by atoms with van der Waals surface area (Å²) in [5, 5.41) is 23.5. The van der Waals surface area contributed by atoms with Gasteiger partial charge in [-0.25, -0.2) is 26.7 Å². The average molecular weight is 718 g/mol. The van der Waals surface area contributed by atoms with Crippen molar-refractivity contribution in [1.29, 1.82) is 0 Å². The SMILES string of the molecule is CCOC(=O)/C(C)=C/c1cc(F)c(Oc2ccc(S(=O)(=O)NCCOCCOCCOCCNC(=O)[C@H](O)[C@@H](O)C(=O)NC)cc2)c(F)c1. The number of likely N-dealkylation sites (N-methyl/N-ethyl adjacent to an activating group) is 1. The van der Waals surface area contributed by atoms with E-state index in [0.29, 0.717) is 0 Å². The van der Waals surface area contributed by atoms with Gasteiger partial charge in [0.2, 0.25) is 10.0 Å². The Morgan fingerprint density at radius 2 is 1.39 bits per heavy atom. The van der Waals surface area contributed by atoms with E-state index in [9.17, 15) is 41.8 Å². The van der Waals surface area contributed by atoms with Gasteiger partial charge in [0.05, 0.1) is 51.1 Å². The fourth-order valence-electron chi connectivity index (χ4n) is 3.78. The second-order valence-corrected chi connectivity index (χ2v) is 11.7. The van der Waals surface area contributed by atoms with Crippen molar-refractivity contribution in [1.82, 2.24) is 15.4 Å². The third-order valence-electron chi connectivity index (χ3n) is 6.27. The second kappa shape index (κ2) is 21.1. The lowest BCUT2D eigenvalue weighted by atomic mass is 10.1. The normalized spacial score (nSPS) is 13.0. The lowest BCUT2D eigenvalue weighted by Crippen LogP contribution is -2.49. The smallest absolute Gasteiger partial charge is 0.333 e. The van der Waals surface area contributed by atoms with Crippen molar-refractivity contribution < 1.29 is 65.5 Å². The molecule has 0 spiro atoms. The number of benzene rings is 2. The first-order valence-electron chi connectivity index (χ1n) is 15.0. The zero-order valence-electron chi connectivity index (χ0n) is 27.2. The number of esters is 1. The minimum absolute atomic E-state index is 0.0154. The van der Waals surface area contributed by atoms with Gasteiger partial charge in [-0.1, -0.05) is 0 Å². The van der Waals surface area contributed by atoms with E-state index in [1.165, 1.54) is 44.3 Å². The van der Waals surface area contributed by atoms with Gasteiger partial charge in [0.25, 0.3) is 11.8 Å². The highest BCUT2D eigenvalue weighted by Gasteiger charge is 2.29. The monoisotopic (exact) mass is 717 g/mol. The van der Waals surface area contributed by atoms with Crippen molar-refractivity contribution in [3.05, 3.63) is 59.2 Å². The van der Waals surface area contributed by atoms with Crippen molar-refractivity contribution in [2.24, 2.45) is 0 Å². The molecular formula is C31H41F2N3O12S. The van der Waals surface area contributed by atoms with Gasteiger partial charge in [0, 0.05) is 25.7 Å². The quantitative estimate of drug-likeness (QED) is 0.0646. The molecule has 2 atom stereocenters. The molecule has 272 valence electrons. The highest BCUT2D eigenvalue weighted by molar-refractivity contribution is 7.89. The van der Waals surface area contributed by atoms with E-state index in [2.05, 4.69) is 15.4 Å². The van der Waals surface area contributed by atoms with Crippen molar-refractivity contribution in [2.75, 3.05) is 66.4 Å². The van der Waals surface area contributed by atoms with Gasteiger partial charge in [0.1, 0.15) is 5.75 Å². The van der Waals surface area contributed by atoms with Crippen LogP contribution in [-0.2, 0) is 43.4 Å². The van der Waals surface area contributed by atoms with Gasteiger partial charge >= 0.3 is 5.97 Å². The molecule has 0 unspecified atom stereocenters. The molecule has 49 heavy (non-hydrogen) atoms. The third-order valence-corrected chi connectivity index (χ3v) is 7.74. The third kappa shape index (κ3) is 14.1. The molecule has 0 aliphatic carbocycles. The Morgan fingerprint density at radius 1 is 0.857 bits per heavy atom. The summed E-state index contributed by atoms with van der Waals surface area (Å²) < 4.78 is 82.8. The Bertz CT molecular complexity index is 1500. The molecular weight excluding hydrogens is 676 g/mol. The molecule has 2 aromatic carbocycles. The minimum Gasteiger partial charge on any atom is -0.463 e. The van der Waals surface area contributed by atoms with Crippen LogP contribution < -0.4 is 20.1 Å². The van der Waals surface area contributed by atoms with E-state index >= 15 is 0 Å². The lowest BCUT2D eigenvalue weighted by Gasteiger charge is -2.16. The molecule has 2 rings (SSSR count). The van der Waals surface area contributed by atoms with Gasteiger partial charge in [0.15, 0.2) is 29.6 Å². The number of aliphatic hydroxyl groups excluding tert-OH is 2. The molecule has 0 fully saturated rings. The van der Waals surface area contributed by atoms with Gasteiger partial charge in [-0.3, -0.25) is 9.59 Å². The Balaban J connectivity index is 1.65. The maximum absolute atomic E-state index is 14.6. The van der Waals surface area contributed by atoms with Crippen molar-refractivity contribution in [2.45, 2.75) is 31.0 Å². The van der Waals surface area contributed by atoms with Gasteiger partial charge < -0.3 is 44.5 Å². The van der Waals surface area contributed by atoms with Crippen LogP contribution in [0.15, 0.2) is 46.9 Å². The lowest BCUT2D eigenvalue weighted by molar-refractivity contribution is -0.145. The summed E-state index contributed by atoms with van der Waals surface area (Å²) in [6.07, 6.45) is -2.53. The van der Waals surface area contributed by atoms with Crippen LogP contribution in [0.25, 0.3) is 6.08 Å². The molecule has 0 heterocycles. The molecule has 0 saturated heterocycles. The fourth-order valence-corrected chi connectivity index (χ4v) is 4.79. The van der Waals surface area contributed by atoms with E-state index < -0.39 is 57.4 Å². The van der Waals surface area contributed by atoms with Crippen LogP contribution in [0.4, 0.5) is 8.78 Å². The van der Waals surface area contributed by atoms with Gasteiger partial charge in [-0.05, 0) is 61.9 Å². The number of rotatable bonds is 22. The van der Waals surface area contributed by atoms with Crippen LogP contribution in [0.2, 0.25) is 0 Å². The van der Waals surface area contributed by atoms with Crippen LogP contribution in [0, 0.1) is 11.6 Å². The molecule has 0 aliphatic heterocycles. The number of hydrogen-bond acceptors (Lipinski definition) is 12. The predicted molar refractivity (Wildman–Crippen MR) is 170 cm³/mol. The fraction of sp³-hybridized carbons (Fsp3) is 0.452. The molecule has 18 heteroatoms. The van der Waals surface area contributed by atoms with E-state index in [1.807, 2.05) is 0 Å². The molecule has 15 nitrogen and oxygen atoms in total. The first-order chi connectivity index (χ1) is 23.3. The van der Waals surface area contributed by atoms with E-state index in [0.717, 1.165) is 12.1 Å². The van der Waals surface area contributed by atoms with Crippen LogP contribution in [0.3, 0.4) is 0 Å². The minimum atomic E-state index is -3.92. The van der Waals surface area contributed by atoms with Gasteiger partial charge in [-0.15, -0.1) is 0 Å². The average Bonchev–Trinajstić information content (AvgIpc) is 3.07. The number of aliphatic hydroxyl groups is 2. The summed E-state index contributed by atoms with van der Waals surface area (Å²) in [5.74, 6) is -5.21. The molecule has 0 bridgehead atoms. The second-order valence-electron chi connectivity index (χ2n) is 9.96. The summed E-state index contributed by atoms with van der Waals surface area (Å²) >= 11 is 0. The van der Waals surface area contributed by atoms with E-state index in [-0.39, 0.29) is 81.1 Å². The molecule has 2 aromatic rings. The predicted octanol–water partition coefficient (Wildman–Crippen LogP) is 0.636. The maximum atomic E-state index is 14.6. The first kappa shape index (κ1) is 41.1. The van der Waals surface area contributed by atoms with Crippen LogP contribution >= 0.6 is 0 Å². The highest BCUT2D eigenvalue weighted by atomic mass is 32.2. The van der Waals surface area contributed by atoms with Crippen molar-refractivity contribution in [3.8, 4) is 11.5 Å². The number of halogens is 2. The van der Waals surface area contributed by atoms with E-state index in [1.54, 1.807) is 6.92 Å². The Morgan fingerprint density at radius 3 is 1.94 bits per heavy atom. The summed E-state index contributed by atoms with van der Waals surface area (Å²) in [5.41, 5.74) is 0.240. The number of hydrogen-bond donors (Lipinski definition) is 5. The summed E-state index contributed by atoms with van der Waals surface area (Å²) in [6.45, 7) is 4.13. The molecule has 0 radical (unpaired) electrons. The Labute approximate surface area is 282 Å². The van der Waals surface area contributed by atoms with Crippen LogP contribution in [0.5, 0.6) is 11.5 Å². The molecule has 0 aromatic heterocycles. The molecule has 2 amide bonds. The number of sulfonamides is 1. The van der Waals surface area contributed by atoms with Gasteiger partial charge in [-0.2, -0.15) is 0 Å². The van der Waals surface area contributed by atoms with Crippen molar-refractivity contribution in [3.63, 3.8) is 0 Å². The number of ether oxygens (including phenoxy) is 5. The summed E-state index contributed by atoms with van der Waals surface area (Å²) in [7, 11) is -2.67. The Kier molecular flexibility index (Phi) is 17.7. The Hall–Kier alpha value is -4.04. The molecule has 5 N–H and O–H groups in total. The number of carbonyl (C=O) groups excluding carboxylic acids is 3. The topological polar surface area (TPSA) is 208 Å². The van der Waals surface area contributed by atoms with E-state index in [4.69, 9.17) is 23.7 Å². The van der Waals surface area contributed by atoms with Crippen molar-refractivity contribution >= 4 is 33.9 Å². The number of amides is 2. The summed E-state index contributed by atoms with van der Waals surface area (Å²) in [6, 6.07) is 6.87. The zero-order chi connectivity index (χ0) is 36.4. The van der Waals surface area contributed by atoms with Crippen LogP contribution in [0.1, 0.15) is 19.4 Å². The highest BCUT2D eigenvalue weighted by Crippen LogP contribution is 2.30. The molecule has 0 aliphatic rings. The largest absolute Gasteiger partial charge is 0.463 e. The van der Waals surface area contributed by atoms with Crippen LogP contribution in [-0.4, -0.2) is 115 Å². The molecule has 0 saturated carbocycles. The maximum Gasteiger partial charge on any atom is 0.333 e. The number of carbonyl (C=O) groups is 3.